The van der Waals surface area contributed by atoms with E-state index in [2.05, 4.69) is 6.92 Å². The fourth-order valence-corrected chi connectivity index (χ4v) is 2.40. The predicted octanol–water partition coefficient (Wildman–Crippen LogP) is 2.83. The van der Waals surface area contributed by atoms with Crippen LogP contribution >= 0.6 is 0 Å². The summed E-state index contributed by atoms with van der Waals surface area (Å²) in [6, 6.07) is 0. The molecule has 52 valence electrons. The Morgan fingerprint density at radius 3 is 2.22 bits per heavy atom. The third-order valence-corrected chi connectivity index (χ3v) is 3.16. The van der Waals surface area contributed by atoms with Gasteiger partial charge >= 0.3 is 0 Å². The van der Waals surface area contributed by atoms with Gasteiger partial charge in [-0.05, 0) is 37.0 Å². The van der Waals surface area contributed by atoms with Crippen molar-refractivity contribution in [1.82, 2.24) is 0 Å². The molecule has 1 unspecified atom stereocenters. The molecule has 9 heavy (non-hydrogen) atoms. The highest BCUT2D eigenvalue weighted by atomic mass is 14.4. The van der Waals surface area contributed by atoms with Gasteiger partial charge in [-0.15, -0.1) is 0 Å². The van der Waals surface area contributed by atoms with Crippen molar-refractivity contribution < 1.29 is 0 Å². The minimum atomic E-state index is 1.07. The average Bonchev–Trinajstić information content (AvgIpc) is 2.58. The van der Waals surface area contributed by atoms with Crippen LogP contribution in [0.15, 0.2) is 0 Å². The average molecular weight is 124 g/mol. The zero-order valence-corrected chi connectivity index (χ0v) is 6.27. The molecule has 0 bridgehead atoms. The lowest BCUT2D eigenvalue weighted by Crippen LogP contribution is -2.05. The number of hydrogen-bond donors (Lipinski definition) is 0. The Morgan fingerprint density at radius 1 is 1.00 bits per heavy atom. The highest BCUT2D eigenvalue weighted by molar-refractivity contribution is 4.87. The van der Waals surface area contributed by atoms with Crippen LogP contribution in [0.1, 0.15) is 39.0 Å². The maximum atomic E-state index is 2.44. The van der Waals surface area contributed by atoms with Gasteiger partial charge in [-0.3, -0.25) is 0 Å². The summed E-state index contributed by atoms with van der Waals surface area (Å²) in [6.45, 7) is 2.44. The summed E-state index contributed by atoms with van der Waals surface area (Å²) in [5, 5.41) is 0. The second-order valence-electron chi connectivity index (χ2n) is 3.91. The Kier molecular flexibility index (Phi) is 1.28. The molecule has 0 aromatic rings. The van der Waals surface area contributed by atoms with E-state index in [0.717, 1.165) is 11.8 Å². The van der Waals surface area contributed by atoms with Crippen molar-refractivity contribution >= 4 is 0 Å². The zero-order valence-electron chi connectivity index (χ0n) is 6.27. The van der Waals surface area contributed by atoms with Gasteiger partial charge in [0.1, 0.15) is 0 Å². The molecule has 2 rings (SSSR count). The van der Waals surface area contributed by atoms with Gasteiger partial charge in [-0.1, -0.05) is 19.8 Å². The van der Waals surface area contributed by atoms with Gasteiger partial charge in [0, 0.05) is 0 Å². The van der Waals surface area contributed by atoms with Crippen molar-refractivity contribution in [2.45, 2.75) is 39.0 Å². The normalized spacial score (nSPS) is 43.7. The maximum Gasteiger partial charge on any atom is -0.0360 e. The van der Waals surface area contributed by atoms with Gasteiger partial charge in [0.05, 0.1) is 0 Å². The molecule has 0 amide bonds. The van der Waals surface area contributed by atoms with Crippen LogP contribution in [0.3, 0.4) is 0 Å². The summed E-state index contributed by atoms with van der Waals surface area (Å²) in [7, 11) is 0. The molecule has 2 aliphatic rings. The van der Waals surface area contributed by atoms with E-state index in [0.29, 0.717) is 0 Å². The van der Waals surface area contributed by atoms with Gasteiger partial charge in [0.2, 0.25) is 0 Å². The van der Waals surface area contributed by atoms with Gasteiger partial charge < -0.3 is 0 Å². The molecular formula is C9H16. The second kappa shape index (κ2) is 2.00. The molecular weight excluding hydrogens is 108 g/mol. The molecule has 0 N–H and O–H groups in total. The fourth-order valence-electron chi connectivity index (χ4n) is 2.40. The quantitative estimate of drug-likeness (QED) is 0.504. The van der Waals surface area contributed by atoms with Crippen molar-refractivity contribution in [3.05, 3.63) is 0 Å². The molecule has 2 saturated carbocycles. The summed E-state index contributed by atoms with van der Waals surface area (Å²) in [5.74, 6) is 3.38. The summed E-state index contributed by atoms with van der Waals surface area (Å²) < 4.78 is 0. The largest absolute Gasteiger partial charge is 0.0622 e. The maximum absolute atomic E-state index is 2.44. The van der Waals surface area contributed by atoms with Crippen molar-refractivity contribution in [3.8, 4) is 0 Å². The molecule has 2 aliphatic carbocycles. The lowest BCUT2D eigenvalue weighted by Gasteiger charge is -2.12. The van der Waals surface area contributed by atoms with E-state index >= 15 is 0 Å². The molecule has 0 saturated heterocycles. The summed E-state index contributed by atoms with van der Waals surface area (Å²) >= 11 is 0. The van der Waals surface area contributed by atoms with Gasteiger partial charge in [0.25, 0.3) is 0 Å². The van der Waals surface area contributed by atoms with Crippen molar-refractivity contribution in [2.24, 2.45) is 17.8 Å². The van der Waals surface area contributed by atoms with Crippen molar-refractivity contribution in [1.29, 1.82) is 0 Å². The van der Waals surface area contributed by atoms with Crippen molar-refractivity contribution in [3.63, 3.8) is 0 Å². The zero-order chi connectivity index (χ0) is 6.27. The van der Waals surface area contributed by atoms with E-state index in [9.17, 15) is 0 Å². The van der Waals surface area contributed by atoms with E-state index in [1.807, 2.05) is 0 Å². The first kappa shape index (κ1) is 5.76. The fraction of sp³-hybridized carbons (Fsp3) is 1.00. The molecule has 0 heterocycles. The van der Waals surface area contributed by atoms with Crippen LogP contribution in [0.2, 0.25) is 0 Å². The van der Waals surface area contributed by atoms with E-state index in [-0.39, 0.29) is 0 Å². The van der Waals surface area contributed by atoms with Gasteiger partial charge in [-0.25, -0.2) is 0 Å². The van der Waals surface area contributed by atoms with Crippen LogP contribution in [0.4, 0.5) is 0 Å². The number of hydrogen-bond acceptors (Lipinski definition) is 0. The van der Waals surface area contributed by atoms with Crippen LogP contribution in [-0.4, -0.2) is 0 Å². The molecule has 0 radical (unpaired) electrons. The first-order chi connectivity index (χ1) is 4.38. The van der Waals surface area contributed by atoms with E-state index in [1.165, 1.54) is 18.8 Å². The van der Waals surface area contributed by atoms with Crippen LogP contribution in [0.25, 0.3) is 0 Å². The van der Waals surface area contributed by atoms with Gasteiger partial charge in [0.15, 0.2) is 0 Å². The highest BCUT2D eigenvalue weighted by Gasteiger charge is 2.36. The second-order valence-corrected chi connectivity index (χ2v) is 3.91. The summed E-state index contributed by atoms with van der Waals surface area (Å²) in [5.41, 5.74) is 0. The first-order valence-corrected chi connectivity index (χ1v) is 4.38. The van der Waals surface area contributed by atoms with Crippen molar-refractivity contribution in [2.75, 3.05) is 0 Å². The van der Waals surface area contributed by atoms with E-state index in [1.54, 1.807) is 19.3 Å². The topological polar surface area (TPSA) is 0 Å². The smallest absolute Gasteiger partial charge is 0.0360 e. The summed E-state index contributed by atoms with van der Waals surface area (Å²) in [6.07, 6.45) is 7.68. The Bertz CT molecular complexity index is 103. The Hall–Kier alpha value is 0. The Labute approximate surface area is 57.6 Å². The van der Waals surface area contributed by atoms with Crippen LogP contribution in [-0.2, 0) is 0 Å². The van der Waals surface area contributed by atoms with Crippen LogP contribution in [0, 0.1) is 17.8 Å². The molecule has 2 atom stereocenters. The van der Waals surface area contributed by atoms with Crippen LogP contribution < -0.4 is 0 Å². The third kappa shape index (κ3) is 0.997. The molecule has 0 spiro atoms. The van der Waals surface area contributed by atoms with Gasteiger partial charge in [-0.2, -0.15) is 0 Å². The minimum Gasteiger partial charge on any atom is -0.0622 e. The SMILES string of the molecule is C[C@@H]1CCCC1C1CC1. The Balaban J connectivity index is 1.93. The minimum absolute atomic E-state index is 1.07. The van der Waals surface area contributed by atoms with Crippen LogP contribution in [0.5, 0.6) is 0 Å². The molecule has 0 aromatic heterocycles. The Morgan fingerprint density at radius 2 is 1.78 bits per heavy atom. The first-order valence-electron chi connectivity index (χ1n) is 4.38. The monoisotopic (exact) mass is 124 g/mol. The molecule has 0 aromatic carbocycles. The summed E-state index contributed by atoms with van der Waals surface area (Å²) in [4.78, 5) is 0. The molecule has 0 heteroatoms. The van der Waals surface area contributed by atoms with E-state index < -0.39 is 0 Å². The highest BCUT2D eigenvalue weighted by Crippen LogP contribution is 2.47. The van der Waals surface area contributed by atoms with E-state index in [4.69, 9.17) is 0 Å². The standard InChI is InChI=1S/C9H16/c1-7-3-2-4-9(7)8-5-6-8/h7-9H,2-6H2,1H3/t7-,9?/m1/s1. The molecule has 0 aliphatic heterocycles. The third-order valence-electron chi connectivity index (χ3n) is 3.16. The molecule has 0 nitrogen and oxygen atoms in total. The lowest BCUT2D eigenvalue weighted by atomic mass is 9.93. The molecule has 2 fully saturated rings. The number of rotatable bonds is 1. The predicted molar refractivity (Wildman–Crippen MR) is 39.2 cm³/mol. The lowest BCUT2D eigenvalue weighted by molar-refractivity contribution is 0.371.